The summed E-state index contributed by atoms with van der Waals surface area (Å²) >= 11 is 0. The molecule has 1 rings (SSSR count). The summed E-state index contributed by atoms with van der Waals surface area (Å²) in [5.74, 6) is -0.235. The fourth-order valence-electron chi connectivity index (χ4n) is 1.75. The molecule has 0 heterocycles. The van der Waals surface area contributed by atoms with Crippen molar-refractivity contribution in [2.45, 2.75) is 13.8 Å². The van der Waals surface area contributed by atoms with Crippen molar-refractivity contribution in [3.8, 4) is 0 Å². The van der Waals surface area contributed by atoms with Crippen molar-refractivity contribution in [2.24, 2.45) is 0 Å². The zero-order valence-electron chi connectivity index (χ0n) is 12.7. The number of rotatable bonds is 9. The number of hydrogen-bond acceptors (Lipinski definition) is 5. The van der Waals surface area contributed by atoms with Crippen LogP contribution >= 0.6 is 7.60 Å². The van der Waals surface area contributed by atoms with Gasteiger partial charge in [-0.2, -0.15) is 0 Å². The molecule has 0 saturated carbocycles. The van der Waals surface area contributed by atoms with Crippen LogP contribution in [0.4, 0.5) is 5.69 Å². The number of likely N-dealkylation sites (N-methyl/N-ethyl adjacent to an activating group) is 1. The molecule has 0 aliphatic heterocycles. The highest BCUT2D eigenvalue weighted by molar-refractivity contribution is 7.53. The lowest BCUT2D eigenvalue weighted by Crippen LogP contribution is -2.35. The number of carbonyl (C=O) groups is 1. The summed E-state index contributed by atoms with van der Waals surface area (Å²) in [5.41, 5.74) is 0.936. The van der Waals surface area contributed by atoms with Gasteiger partial charge in [0, 0.05) is 12.7 Å². The molecular weight excluding hydrogens is 291 g/mol. The molecule has 118 valence electrons. The second-order valence-electron chi connectivity index (χ2n) is 4.40. The van der Waals surface area contributed by atoms with E-state index in [4.69, 9.17) is 9.05 Å². The lowest BCUT2D eigenvalue weighted by atomic mass is 10.3. The standard InChI is InChI=1S/C14H23N2O4P/c1-4-19-21(18,20-5-2)12-15-14(17)11-16(3)13-9-7-6-8-10-13/h6-10H,4-5,11-12H2,1-3H3,(H,15,17). The highest BCUT2D eigenvalue weighted by Gasteiger charge is 2.24. The fraction of sp³-hybridized carbons (Fsp3) is 0.500. The number of benzene rings is 1. The molecule has 1 aromatic rings. The molecule has 21 heavy (non-hydrogen) atoms. The summed E-state index contributed by atoms with van der Waals surface area (Å²) in [6.45, 7) is 4.18. The van der Waals surface area contributed by atoms with Crippen LogP contribution in [-0.2, 0) is 18.4 Å². The van der Waals surface area contributed by atoms with Gasteiger partial charge in [-0.05, 0) is 26.0 Å². The van der Waals surface area contributed by atoms with Crippen LogP contribution < -0.4 is 10.2 Å². The minimum atomic E-state index is -3.24. The largest absolute Gasteiger partial charge is 0.365 e. The first-order valence-corrected chi connectivity index (χ1v) is 8.64. The molecule has 6 nitrogen and oxygen atoms in total. The van der Waals surface area contributed by atoms with Crippen molar-refractivity contribution >= 4 is 19.2 Å². The van der Waals surface area contributed by atoms with Gasteiger partial charge in [-0.3, -0.25) is 9.36 Å². The Kier molecular flexibility index (Phi) is 7.43. The summed E-state index contributed by atoms with van der Waals surface area (Å²) < 4.78 is 22.4. The summed E-state index contributed by atoms with van der Waals surface area (Å²) in [6.07, 6.45) is -0.115. The van der Waals surface area contributed by atoms with Crippen LogP contribution in [0.1, 0.15) is 13.8 Å². The maximum absolute atomic E-state index is 12.2. The van der Waals surface area contributed by atoms with Crippen LogP contribution in [0.15, 0.2) is 30.3 Å². The van der Waals surface area contributed by atoms with E-state index in [0.29, 0.717) is 0 Å². The molecule has 0 aliphatic carbocycles. The van der Waals surface area contributed by atoms with Gasteiger partial charge >= 0.3 is 7.60 Å². The van der Waals surface area contributed by atoms with Crippen molar-refractivity contribution in [1.82, 2.24) is 5.32 Å². The number of nitrogens with zero attached hydrogens (tertiary/aromatic N) is 1. The van der Waals surface area contributed by atoms with Gasteiger partial charge in [-0.1, -0.05) is 18.2 Å². The second-order valence-corrected chi connectivity index (χ2v) is 6.45. The van der Waals surface area contributed by atoms with E-state index in [1.165, 1.54) is 0 Å². The molecule has 0 radical (unpaired) electrons. The van der Waals surface area contributed by atoms with Crippen LogP contribution in [0.3, 0.4) is 0 Å². The number of amides is 1. The number of carbonyl (C=O) groups excluding carboxylic acids is 1. The molecule has 0 saturated heterocycles. The molecule has 7 heteroatoms. The zero-order chi connectivity index (χ0) is 15.7. The predicted octanol–water partition coefficient (Wildman–Crippen LogP) is 2.46. The van der Waals surface area contributed by atoms with Gasteiger partial charge in [-0.25, -0.2) is 0 Å². The Morgan fingerprint density at radius 3 is 2.29 bits per heavy atom. The lowest BCUT2D eigenvalue weighted by molar-refractivity contribution is -0.119. The van der Waals surface area contributed by atoms with E-state index in [0.717, 1.165) is 5.69 Å². The minimum absolute atomic E-state index is 0.115. The molecule has 0 atom stereocenters. The third kappa shape index (κ3) is 6.29. The van der Waals surface area contributed by atoms with Gasteiger partial charge in [0.25, 0.3) is 0 Å². The molecular formula is C14H23N2O4P. The second kappa shape index (κ2) is 8.82. The smallest absolute Gasteiger partial charge is 0.349 e. The quantitative estimate of drug-likeness (QED) is 0.709. The monoisotopic (exact) mass is 314 g/mol. The SMILES string of the molecule is CCOP(=O)(CNC(=O)CN(C)c1ccccc1)OCC. The zero-order valence-corrected chi connectivity index (χ0v) is 13.6. The molecule has 0 spiro atoms. The molecule has 1 aromatic carbocycles. The summed E-state index contributed by atoms with van der Waals surface area (Å²) in [7, 11) is -1.42. The van der Waals surface area contributed by atoms with Gasteiger partial charge in [0.05, 0.1) is 19.8 Å². The van der Waals surface area contributed by atoms with Gasteiger partial charge in [0.2, 0.25) is 5.91 Å². The van der Waals surface area contributed by atoms with Crippen molar-refractivity contribution < 1.29 is 18.4 Å². The summed E-state index contributed by atoms with van der Waals surface area (Å²) in [5, 5.41) is 2.60. The fourth-order valence-corrected chi connectivity index (χ4v) is 3.17. The average molecular weight is 314 g/mol. The van der Waals surface area contributed by atoms with Gasteiger partial charge in [-0.15, -0.1) is 0 Å². The average Bonchev–Trinajstić information content (AvgIpc) is 2.47. The van der Waals surface area contributed by atoms with Crippen LogP contribution in [0.5, 0.6) is 0 Å². The molecule has 0 unspecified atom stereocenters. The molecule has 0 bridgehead atoms. The summed E-state index contributed by atoms with van der Waals surface area (Å²) in [6, 6.07) is 9.55. The highest BCUT2D eigenvalue weighted by Crippen LogP contribution is 2.46. The van der Waals surface area contributed by atoms with E-state index in [1.54, 1.807) is 13.8 Å². The summed E-state index contributed by atoms with van der Waals surface area (Å²) in [4.78, 5) is 13.7. The van der Waals surface area contributed by atoms with Crippen LogP contribution in [-0.4, -0.2) is 39.0 Å². The van der Waals surface area contributed by atoms with Gasteiger partial charge in [0.1, 0.15) is 6.29 Å². The Labute approximate surface area is 126 Å². The Bertz CT molecular complexity index is 471. The van der Waals surface area contributed by atoms with Crippen molar-refractivity contribution in [2.75, 3.05) is 38.0 Å². The van der Waals surface area contributed by atoms with E-state index >= 15 is 0 Å². The first-order chi connectivity index (χ1) is 10.0. The Hall–Kier alpha value is -1.36. The normalized spacial score (nSPS) is 11.2. The van der Waals surface area contributed by atoms with E-state index in [-0.39, 0.29) is 32.0 Å². The van der Waals surface area contributed by atoms with Crippen LogP contribution in [0.2, 0.25) is 0 Å². The third-order valence-electron chi connectivity index (χ3n) is 2.70. The predicted molar refractivity (Wildman–Crippen MR) is 83.6 cm³/mol. The van der Waals surface area contributed by atoms with Crippen molar-refractivity contribution in [3.63, 3.8) is 0 Å². The van der Waals surface area contributed by atoms with Crippen molar-refractivity contribution in [3.05, 3.63) is 30.3 Å². The molecule has 0 aromatic heterocycles. The molecule has 1 amide bonds. The molecule has 0 fully saturated rings. The number of nitrogens with one attached hydrogen (secondary N) is 1. The highest BCUT2D eigenvalue weighted by atomic mass is 31.2. The lowest BCUT2D eigenvalue weighted by Gasteiger charge is -2.20. The number of hydrogen-bond donors (Lipinski definition) is 1. The van der Waals surface area contributed by atoms with E-state index in [9.17, 15) is 9.36 Å². The van der Waals surface area contributed by atoms with Crippen molar-refractivity contribution in [1.29, 1.82) is 0 Å². The minimum Gasteiger partial charge on any atom is -0.365 e. The Balaban J connectivity index is 2.48. The van der Waals surface area contributed by atoms with E-state index in [1.807, 2.05) is 42.3 Å². The first kappa shape index (κ1) is 17.7. The topological polar surface area (TPSA) is 67.9 Å². The Morgan fingerprint density at radius 2 is 1.76 bits per heavy atom. The molecule has 0 aliphatic rings. The Morgan fingerprint density at radius 1 is 1.19 bits per heavy atom. The van der Waals surface area contributed by atoms with Crippen LogP contribution in [0.25, 0.3) is 0 Å². The van der Waals surface area contributed by atoms with E-state index in [2.05, 4.69) is 5.32 Å². The van der Waals surface area contributed by atoms with Gasteiger partial charge < -0.3 is 19.3 Å². The maximum atomic E-state index is 12.2. The van der Waals surface area contributed by atoms with E-state index < -0.39 is 7.60 Å². The number of anilines is 1. The first-order valence-electron chi connectivity index (χ1n) is 6.91. The number of para-hydroxylation sites is 1. The molecule has 1 N–H and O–H groups in total. The van der Waals surface area contributed by atoms with Crippen LogP contribution in [0, 0.1) is 0 Å². The maximum Gasteiger partial charge on any atom is 0.349 e. The van der Waals surface area contributed by atoms with Gasteiger partial charge in [0.15, 0.2) is 0 Å². The third-order valence-corrected chi connectivity index (χ3v) is 4.55.